The van der Waals surface area contributed by atoms with Crippen molar-refractivity contribution in [3.63, 3.8) is 0 Å². The zero-order valence-electron chi connectivity index (χ0n) is 15.4. The van der Waals surface area contributed by atoms with Crippen molar-refractivity contribution in [2.75, 3.05) is 0 Å². The molecule has 1 fully saturated rings. The van der Waals surface area contributed by atoms with E-state index >= 15 is 0 Å². The highest BCUT2D eigenvalue weighted by Gasteiger charge is 2.29. The number of hydrogen-bond donors (Lipinski definition) is 1. The molecular weight excluding hydrogens is 394 g/mol. The van der Waals surface area contributed by atoms with E-state index in [1.54, 1.807) is 24.3 Å². The smallest absolute Gasteiger partial charge is 0.279 e. The number of nitrogens with one attached hydrogen (secondary N) is 1. The molecule has 1 unspecified atom stereocenters. The quantitative estimate of drug-likeness (QED) is 0.676. The predicted molar refractivity (Wildman–Crippen MR) is 112 cm³/mol. The lowest BCUT2D eigenvalue weighted by molar-refractivity contribution is -0.124. The maximum Gasteiger partial charge on any atom is 0.279 e. The number of hydrogen-bond acceptors (Lipinski definition) is 3. The van der Waals surface area contributed by atoms with Gasteiger partial charge in [0.25, 0.3) is 5.91 Å². The summed E-state index contributed by atoms with van der Waals surface area (Å²) in [6, 6.07) is 14.4. The molecule has 1 atom stereocenters. The van der Waals surface area contributed by atoms with Gasteiger partial charge in [-0.2, -0.15) is 4.99 Å². The SMILES string of the molecule is CCC(C(=O)NC1CC1)n1c(=NC(=O)c2cccc(Cl)c2)sc2ccccc21. The number of halogens is 1. The molecule has 0 radical (unpaired) electrons. The van der Waals surface area contributed by atoms with E-state index in [0.29, 0.717) is 21.8 Å². The number of nitrogens with zero attached hydrogens (tertiary/aromatic N) is 2. The van der Waals surface area contributed by atoms with Crippen LogP contribution in [-0.4, -0.2) is 22.4 Å². The number of para-hydroxylation sites is 1. The number of rotatable bonds is 5. The van der Waals surface area contributed by atoms with Crippen molar-refractivity contribution < 1.29 is 9.59 Å². The van der Waals surface area contributed by atoms with Crippen LogP contribution in [0.25, 0.3) is 10.2 Å². The Kier molecular flexibility index (Phi) is 5.33. The molecule has 28 heavy (non-hydrogen) atoms. The number of carbonyl (C=O) groups excluding carboxylic acids is 2. The van der Waals surface area contributed by atoms with Crippen LogP contribution in [0.3, 0.4) is 0 Å². The molecule has 1 aliphatic carbocycles. The Morgan fingerprint density at radius 1 is 1.25 bits per heavy atom. The number of benzene rings is 2. The second-order valence-electron chi connectivity index (χ2n) is 6.86. The van der Waals surface area contributed by atoms with Crippen molar-refractivity contribution >= 4 is 45.0 Å². The number of thiazole rings is 1. The van der Waals surface area contributed by atoms with Gasteiger partial charge in [0.1, 0.15) is 6.04 Å². The van der Waals surface area contributed by atoms with E-state index in [0.717, 1.165) is 23.1 Å². The number of amides is 2. The third-order valence-corrected chi connectivity index (χ3v) is 6.00. The van der Waals surface area contributed by atoms with Crippen LogP contribution >= 0.6 is 22.9 Å². The molecule has 0 aliphatic heterocycles. The van der Waals surface area contributed by atoms with Crippen LogP contribution in [0, 0.1) is 0 Å². The van der Waals surface area contributed by atoms with E-state index in [1.807, 2.05) is 35.8 Å². The molecule has 7 heteroatoms. The summed E-state index contributed by atoms with van der Waals surface area (Å²) in [5.74, 6) is -0.398. The molecule has 144 valence electrons. The minimum Gasteiger partial charge on any atom is -0.352 e. The van der Waals surface area contributed by atoms with Gasteiger partial charge in [0, 0.05) is 16.6 Å². The van der Waals surface area contributed by atoms with Gasteiger partial charge in [-0.25, -0.2) is 0 Å². The van der Waals surface area contributed by atoms with Gasteiger partial charge < -0.3 is 9.88 Å². The monoisotopic (exact) mass is 413 g/mol. The van der Waals surface area contributed by atoms with Crippen LogP contribution in [0.5, 0.6) is 0 Å². The first-order chi connectivity index (χ1) is 13.6. The van der Waals surface area contributed by atoms with E-state index in [1.165, 1.54) is 11.3 Å². The highest BCUT2D eigenvalue weighted by Crippen LogP contribution is 2.25. The first kappa shape index (κ1) is 18.9. The minimum absolute atomic E-state index is 0.0230. The van der Waals surface area contributed by atoms with Gasteiger partial charge in [-0.05, 0) is 49.6 Å². The molecule has 1 heterocycles. The predicted octanol–water partition coefficient (Wildman–Crippen LogP) is 4.33. The second kappa shape index (κ2) is 7.89. The number of aromatic nitrogens is 1. The average Bonchev–Trinajstić information content (AvgIpc) is 3.43. The summed E-state index contributed by atoms with van der Waals surface area (Å²) in [5, 5.41) is 3.56. The zero-order chi connectivity index (χ0) is 19.7. The first-order valence-electron chi connectivity index (χ1n) is 9.32. The van der Waals surface area contributed by atoms with Crippen LogP contribution in [0.1, 0.15) is 42.6 Å². The van der Waals surface area contributed by atoms with Crippen LogP contribution in [0.2, 0.25) is 5.02 Å². The van der Waals surface area contributed by atoms with Gasteiger partial charge in [-0.1, -0.05) is 48.1 Å². The fraction of sp³-hybridized carbons (Fsp3) is 0.286. The molecule has 2 amide bonds. The van der Waals surface area contributed by atoms with Crippen molar-refractivity contribution in [3.05, 3.63) is 63.9 Å². The van der Waals surface area contributed by atoms with Crippen LogP contribution in [0.4, 0.5) is 0 Å². The van der Waals surface area contributed by atoms with Crippen molar-refractivity contribution in [1.82, 2.24) is 9.88 Å². The van der Waals surface area contributed by atoms with E-state index in [-0.39, 0.29) is 17.9 Å². The molecule has 3 aromatic rings. The molecule has 4 rings (SSSR count). The second-order valence-corrected chi connectivity index (χ2v) is 8.30. The Bertz CT molecular complexity index is 1110. The molecule has 0 bridgehead atoms. The van der Waals surface area contributed by atoms with Gasteiger partial charge in [0.2, 0.25) is 5.91 Å². The Morgan fingerprint density at radius 2 is 2.04 bits per heavy atom. The van der Waals surface area contributed by atoms with Crippen molar-refractivity contribution in [2.24, 2.45) is 4.99 Å². The average molecular weight is 414 g/mol. The Balaban J connectivity index is 1.82. The van der Waals surface area contributed by atoms with Crippen molar-refractivity contribution in [3.8, 4) is 0 Å². The van der Waals surface area contributed by atoms with Crippen molar-refractivity contribution in [1.29, 1.82) is 0 Å². The summed E-state index contributed by atoms with van der Waals surface area (Å²) in [6.45, 7) is 1.97. The maximum absolute atomic E-state index is 12.8. The summed E-state index contributed by atoms with van der Waals surface area (Å²) >= 11 is 7.42. The third-order valence-electron chi connectivity index (χ3n) is 4.73. The van der Waals surface area contributed by atoms with Gasteiger partial charge in [-0.15, -0.1) is 0 Å². The van der Waals surface area contributed by atoms with Crippen LogP contribution in [-0.2, 0) is 4.79 Å². The Hall–Kier alpha value is -2.44. The summed E-state index contributed by atoms with van der Waals surface area (Å²) < 4.78 is 2.87. The van der Waals surface area contributed by atoms with Crippen molar-refractivity contribution in [2.45, 2.75) is 38.3 Å². The van der Waals surface area contributed by atoms with Gasteiger partial charge in [0.15, 0.2) is 4.80 Å². The molecule has 5 nitrogen and oxygen atoms in total. The lowest BCUT2D eigenvalue weighted by Gasteiger charge is -2.17. The fourth-order valence-corrected chi connectivity index (χ4v) is 4.41. The van der Waals surface area contributed by atoms with Crippen LogP contribution < -0.4 is 10.1 Å². The molecule has 0 saturated heterocycles. The van der Waals surface area contributed by atoms with Gasteiger partial charge >= 0.3 is 0 Å². The summed E-state index contributed by atoms with van der Waals surface area (Å²) in [7, 11) is 0. The Labute approximate surface area is 171 Å². The normalized spacial score (nSPS) is 15.6. The largest absolute Gasteiger partial charge is 0.352 e. The molecule has 1 aromatic heterocycles. The van der Waals surface area contributed by atoms with Gasteiger partial charge in [-0.3, -0.25) is 9.59 Å². The maximum atomic E-state index is 12.8. The van der Waals surface area contributed by atoms with E-state index in [4.69, 9.17) is 11.6 Å². The molecule has 1 N–H and O–H groups in total. The molecule has 1 saturated carbocycles. The summed E-state index contributed by atoms with van der Waals surface area (Å²) in [4.78, 5) is 30.5. The number of carbonyl (C=O) groups is 2. The summed E-state index contributed by atoms with van der Waals surface area (Å²) in [5.41, 5.74) is 1.33. The highest BCUT2D eigenvalue weighted by atomic mass is 35.5. The third kappa shape index (κ3) is 3.88. The standard InChI is InChI=1S/C21H20ClN3O2S/c1-2-16(20(27)23-15-10-11-15)25-17-8-3-4-9-18(17)28-21(25)24-19(26)13-6-5-7-14(22)12-13/h3-9,12,15-16H,2,10-11H2,1H3,(H,23,27). The molecule has 1 aliphatic rings. The topological polar surface area (TPSA) is 63.5 Å². The van der Waals surface area contributed by atoms with E-state index < -0.39 is 6.04 Å². The molecule has 0 spiro atoms. The van der Waals surface area contributed by atoms with E-state index in [2.05, 4.69) is 10.3 Å². The zero-order valence-corrected chi connectivity index (χ0v) is 17.0. The lowest BCUT2D eigenvalue weighted by Crippen LogP contribution is -2.37. The Morgan fingerprint density at radius 3 is 2.75 bits per heavy atom. The van der Waals surface area contributed by atoms with Crippen LogP contribution in [0.15, 0.2) is 53.5 Å². The summed E-state index contributed by atoms with van der Waals surface area (Å²) in [6.07, 6.45) is 2.67. The van der Waals surface area contributed by atoms with Gasteiger partial charge in [0.05, 0.1) is 10.2 Å². The fourth-order valence-electron chi connectivity index (χ4n) is 3.15. The highest BCUT2D eigenvalue weighted by molar-refractivity contribution is 7.16. The molecule has 2 aromatic carbocycles. The first-order valence-corrected chi connectivity index (χ1v) is 10.5. The lowest BCUT2D eigenvalue weighted by atomic mass is 10.2. The minimum atomic E-state index is -0.414. The molecular formula is C21H20ClN3O2S. The number of fused-ring (bicyclic) bond motifs is 1. The van der Waals surface area contributed by atoms with E-state index in [9.17, 15) is 9.59 Å².